The maximum absolute atomic E-state index is 11.8. The Morgan fingerprint density at radius 2 is 1.71 bits per heavy atom. The minimum Gasteiger partial charge on any atom is -0.373 e. The molecule has 0 amide bonds. The normalized spacial score (nSPS) is 23.2. The second kappa shape index (κ2) is 7.72. The molecular formula is C22H31NO. The van der Waals surface area contributed by atoms with E-state index in [1.807, 2.05) is 30.3 Å². The van der Waals surface area contributed by atoms with E-state index in [0.29, 0.717) is 0 Å². The number of nitrogens with zero attached hydrogens (tertiary/aromatic N) is 1. The molecule has 1 N–H and O–H groups in total. The molecular weight excluding hydrogens is 294 g/mol. The van der Waals surface area contributed by atoms with Gasteiger partial charge in [0.2, 0.25) is 0 Å². The molecule has 2 aliphatic rings. The van der Waals surface area contributed by atoms with E-state index < -0.39 is 5.60 Å². The van der Waals surface area contributed by atoms with E-state index in [1.54, 1.807) is 0 Å². The number of hydrogen-bond donors (Lipinski definition) is 1. The van der Waals surface area contributed by atoms with Crippen molar-refractivity contribution in [2.75, 3.05) is 19.6 Å². The molecule has 1 aliphatic carbocycles. The Hall–Kier alpha value is -1.30. The van der Waals surface area contributed by atoms with Gasteiger partial charge in [0, 0.05) is 5.41 Å². The first kappa shape index (κ1) is 17.5. The van der Waals surface area contributed by atoms with E-state index in [9.17, 15) is 5.11 Å². The molecule has 0 aromatic heterocycles. The SMILES string of the molecule is CCC1([C@](O)(C#CCN2CCCCC2)c2ccccc2)CCCC1. The van der Waals surface area contributed by atoms with Crippen molar-refractivity contribution in [3.05, 3.63) is 35.9 Å². The minimum absolute atomic E-state index is 0.0940. The van der Waals surface area contributed by atoms with E-state index in [2.05, 4.69) is 23.7 Å². The molecule has 2 fully saturated rings. The van der Waals surface area contributed by atoms with Gasteiger partial charge in [0.05, 0.1) is 6.54 Å². The van der Waals surface area contributed by atoms with Crippen LogP contribution in [0.4, 0.5) is 0 Å². The third-order valence-corrected chi connectivity index (χ3v) is 6.22. The topological polar surface area (TPSA) is 23.5 Å². The van der Waals surface area contributed by atoms with E-state index >= 15 is 0 Å². The summed E-state index contributed by atoms with van der Waals surface area (Å²) in [7, 11) is 0. The predicted molar refractivity (Wildman–Crippen MR) is 99.6 cm³/mol. The van der Waals surface area contributed by atoms with Crippen molar-refractivity contribution in [3.8, 4) is 11.8 Å². The lowest BCUT2D eigenvalue weighted by Crippen LogP contribution is -2.43. The summed E-state index contributed by atoms with van der Waals surface area (Å²) >= 11 is 0. The molecule has 1 aliphatic heterocycles. The zero-order chi connectivity index (χ0) is 16.9. The van der Waals surface area contributed by atoms with Crippen LogP contribution in [0.2, 0.25) is 0 Å². The van der Waals surface area contributed by atoms with Gasteiger partial charge in [-0.15, -0.1) is 0 Å². The van der Waals surface area contributed by atoms with Gasteiger partial charge >= 0.3 is 0 Å². The molecule has 2 nitrogen and oxygen atoms in total. The van der Waals surface area contributed by atoms with Gasteiger partial charge in [-0.1, -0.05) is 68.4 Å². The smallest absolute Gasteiger partial charge is 0.156 e. The van der Waals surface area contributed by atoms with Gasteiger partial charge in [-0.05, 0) is 50.8 Å². The first-order chi connectivity index (χ1) is 11.7. The second-order valence-corrected chi connectivity index (χ2v) is 7.56. The van der Waals surface area contributed by atoms with Crippen LogP contribution in [0.25, 0.3) is 0 Å². The fourth-order valence-corrected chi connectivity index (χ4v) is 4.61. The summed E-state index contributed by atoms with van der Waals surface area (Å²) in [5, 5.41) is 11.8. The Kier molecular flexibility index (Phi) is 5.64. The van der Waals surface area contributed by atoms with E-state index in [-0.39, 0.29) is 5.41 Å². The molecule has 0 bridgehead atoms. The fourth-order valence-electron chi connectivity index (χ4n) is 4.61. The summed E-state index contributed by atoms with van der Waals surface area (Å²) in [5.74, 6) is 6.71. The minimum atomic E-state index is -1.02. The Morgan fingerprint density at radius 1 is 1.04 bits per heavy atom. The molecule has 0 radical (unpaired) electrons. The van der Waals surface area contributed by atoms with Crippen LogP contribution in [0, 0.1) is 17.3 Å². The summed E-state index contributed by atoms with van der Waals surface area (Å²) in [6, 6.07) is 10.1. The van der Waals surface area contributed by atoms with Crippen LogP contribution in [0.15, 0.2) is 30.3 Å². The average Bonchev–Trinajstić information content (AvgIpc) is 3.14. The molecule has 1 heterocycles. The average molecular weight is 325 g/mol. The van der Waals surface area contributed by atoms with E-state index in [0.717, 1.165) is 44.5 Å². The standard InChI is InChI=1S/C22H31NO/c1-2-21(14-7-8-15-21)22(24,20-12-5-3-6-13-20)16-11-19-23-17-9-4-10-18-23/h3,5-6,12-13,24H,2,4,7-10,14-15,17-19H2,1H3/t22-/m0/s1. The van der Waals surface area contributed by atoms with E-state index in [1.165, 1.54) is 32.1 Å². The summed E-state index contributed by atoms with van der Waals surface area (Å²) in [6.07, 6.45) is 9.45. The molecule has 2 heteroatoms. The van der Waals surface area contributed by atoms with Crippen LogP contribution in [-0.2, 0) is 5.60 Å². The van der Waals surface area contributed by atoms with Crippen molar-refractivity contribution in [1.82, 2.24) is 4.90 Å². The third-order valence-electron chi connectivity index (χ3n) is 6.22. The lowest BCUT2D eigenvalue weighted by atomic mass is 9.65. The number of aliphatic hydroxyl groups is 1. The molecule has 0 unspecified atom stereocenters. The van der Waals surface area contributed by atoms with Crippen molar-refractivity contribution in [3.63, 3.8) is 0 Å². The highest BCUT2D eigenvalue weighted by Crippen LogP contribution is 2.53. The second-order valence-electron chi connectivity index (χ2n) is 7.56. The van der Waals surface area contributed by atoms with Crippen LogP contribution in [0.5, 0.6) is 0 Å². The number of likely N-dealkylation sites (tertiary alicyclic amines) is 1. The van der Waals surface area contributed by atoms with Crippen LogP contribution in [0.3, 0.4) is 0 Å². The maximum Gasteiger partial charge on any atom is 0.156 e. The summed E-state index contributed by atoms with van der Waals surface area (Å²) in [4.78, 5) is 2.43. The van der Waals surface area contributed by atoms with Crippen LogP contribution in [0.1, 0.15) is 63.9 Å². The molecule has 130 valence electrons. The molecule has 1 aromatic rings. The summed E-state index contributed by atoms with van der Waals surface area (Å²) in [6.45, 7) is 5.30. The highest BCUT2D eigenvalue weighted by molar-refractivity contribution is 5.36. The monoisotopic (exact) mass is 325 g/mol. The van der Waals surface area contributed by atoms with Gasteiger partial charge < -0.3 is 5.11 Å². The van der Waals surface area contributed by atoms with Crippen molar-refractivity contribution in [2.45, 2.75) is 63.9 Å². The van der Waals surface area contributed by atoms with Gasteiger partial charge in [0.25, 0.3) is 0 Å². The van der Waals surface area contributed by atoms with Crippen LogP contribution < -0.4 is 0 Å². The van der Waals surface area contributed by atoms with Crippen molar-refractivity contribution in [2.24, 2.45) is 5.41 Å². The molecule has 1 aromatic carbocycles. The summed E-state index contributed by atoms with van der Waals surface area (Å²) in [5.41, 5.74) is -0.140. The Morgan fingerprint density at radius 3 is 2.33 bits per heavy atom. The molecule has 1 atom stereocenters. The number of hydrogen-bond acceptors (Lipinski definition) is 2. The fraction of sp³-hybridized carbons (Fsp3) is 0.636. The van der Waals surface area contributed by atoms with Crippen LogP contribution >= 0.6 is 0 Å². The quantitative estimate of drug-likeness (QED) is 0.833. The number of benzene rings is 1. The van der Waals surface area contributed by atoms with Gasteiger partial charge in [-0.2, -0.15) is 0 Å². The maximum atomic E-state index is 11.8. The first-order valence-electron chi connectivity index (χ1n) is 9.70. The largest absolute Gasteiger partial charge is 0.373 e. The lowest BCUT2D eigenvalue weighted by Gasteiger charge is -2.42. The number of piperidine rings is 1. The molecule has 0 spiro atoms. The third kappa shape index (κ3) is 3.39. The molecule has 24 heavy (non-hydrogen) atoms. The zero-order valence-electron chi connectivity index (χ0n) is 15.1. The Balaban J connectivity index is 1.88. The highest BCUT2D eigenvalue weighted by atomic mass is 16.3. The van der Waals surface area contributed by atoms with Gasteiger partial charge in [0.1, 0.15) is 0 Å². The van der Waals surface area contributed by atoms with Crippen molar-refractivity contribution >= 4 is 0 Å². The van der Waals surface area contributed by atoms with Gasteiger partial charge in [-0.3, -0.25) is 4.90 Å². The van der Waals surface area contributed by atoms with Gasteiger partial charge in [-0.25, -0.2) is 0 Å². The van der Waals surface area contributed by atoms with Crippen molar-refractivity contribution in [1.29, 1.82) is 0 Å². The van der Waals surface area contributed by atoms with E-state index in [4.69, 9.17) is 0 Å². The van der Waals surface area contributed by atoms with Crippen LogP contribution in [-0.4, -0.2) is 29.6 Å². The highest BCUT2D eigenvalue weighted by Gasteiger charge is 2.50. The molecule has 1 saturated carbocycles. The Labute approximate surface area is 147 Å². The summed E-state index contributed by atoms with van der Waals surface area (Å²) < 4.78 is 0. The molecule has 3 rings (SSSR count). The number of rotatable bonds is 4. The first-order valence-corrected chi connectivity index (χ1v) is 9.70. The molecule has 1 saturated heterocycles. The van der Waals surface area contributed by atoms with Crippen molar-refractivity contribution < 1.29 is 5.11 Å². The predicted octanol–water partition coefficient (Wildman–Crippen LogP) is 4.33. The zero-order valence-corrected chi connectivity index (χ0v) is 15.1. The Bertz CT molecular complexity index is 573. The van der Waals surface area contributed by atoms with Gasteiger partial charge in [0.15, 0.2) is 5.60 Å². The lowest BCUT2D eigenvalue weighted by molar-refractivity contribution is -0.0422.